The third-order valence-electron chi connectivity index (χ3n) is 11.8. The van der Waals surface area contributed by atoms with Crippen LogP contribution >= 0.6 is 0 Å². The van der Waals surface area contributed by atoms with E-state index in [0.717, 1.165) is 44.5 Å². The maximum atomic E-state index is 5.60. The molecule has 0 aliphatic rings. The van der Waals surface area contributed by atoms with Crippen LogP contribution in [0.1, 0.15) is 0 Å². The van der Waals surface area contributed by atoms with Crippen molar-refractivity contribution >= 4 is 103 Å². The standard InChI is InChI=1S/C50H28N4/c1-2-14-30-27-44-40(25-29(30)13-1)47-46-37-21-9-12-24-43(37)54(45(46)28-38-35-19-8-11-23-42(35)53(44)48(38)47)50-36-20-7-10-22-41(36)51-49(52-50)39-26-31-15-3-4-16-32(31)33-17-5-6-18-34(33)39/h1-28H. The van der Waals surface area contributed by atoms with E-state index < -0.39 is 0 Å². The quantitative estimate of drug-likeness (QED) is 0.170. The second-order valence-corrected chi connectivity index (χ2v) is 14.5. The van der Waals surface area contributed by atoms with Crippen LogP contribution in [0.4, 0.5) is 0 Å². The highest BCUT2D eigenvalue weighted by molar-refractivity contribution is 6.36. The molecule has 4 heteroatoms. The van der Waals surface area contributed by atoms with Gasteiger partial charge in [0.1, 0.15) is 5.82 Å². The van der Waals surface area contributed by atoms with Gasteiger partial charge in [-0.3, -0.25) is 4.57 Å². The van der Waals surface area contributed by atoms with Crippen LogP contribution in [0.2, 0.25) is 0 Å². The third-order valence-corrected chi connectivity index (χ3v) is 11.8. The highest BCUT2D eigenvalue weighted by Gasteiger charge is 2.26. The van der Waals surface area contributed by atoms with Gasteiger partial charge in [0.2, 0.25) is 0 Å². The van der Waals surface area contributed by atoms with Gasteiger partial charge in [-0.1, -0.05) is 121 Å². The minimum Gasteiger partial charge on any atom is -0.308 e. The van der Waals surface area contributed by atoms with Crippen LogP contribution in [0.3, 0.4) is 0 Å². The lowest BCUT2D eigenvalue weighted by molar-refractivity contribution is 1.08. The number of aromatic nitrogens is 4. The summed E-state index contributed by atoms with van der Waals surface area (Å²) in [6, 6.07) is 61.6. The van der Waals surface area contributed by atoms with Crippen molar-refractivity contribution in [2.24, 2.45) is 0 Å². The summed E-state index contributed by atoms with van der Waals surface area (Å²) in [5.74, 6) is 1.60. The molecule has 4 aromatic heterocycles. The summed E-state index contributed by atoms with van der Waals surface area (Å²) in [6.45, 7) is 0. The number of nitrogens with zero attached hydrogens (tertiary/aromatic N) is 4. The Bertz CT molecular complexity index is 3740. The Morgan fingerprint density at radius 3 is 1.81 bits per heavy atom. The monoisotopic (exact) mass is 684 g/mol. The van der Waals surface area contributed by atoms with Gasteiger partial charge in [-0.25, -0.2) is 9.97 Å². The summed E-state index contributed by atoms with van der Waals surface area (Å²) in [7, 11) is 0. The minimum atomic E-state index is 0.718. The molecule has 0 saturated heterocycles. The van der Waals surface area contributed by atoms with Gasteiger partial charge < -0.3 is 4.40 Å². The van der Waals surface area contributed by atoms with Crippen LogP contribution in [0.25, 0.3) is 120 Å². The smallest absolute Gasteiger partial charge is 0.162 e. The summed E-state index contributed by atoms with van der Waals surface area (Å²) < 4.78 is 4.90. The SMILES string of the molecule is c1ccc2cc3c(cc2c1)c1c2c4ccccc4n(-c4nc(-c5cc6ccccc6c6ccccc56)nc5ccccc45)c2cc2c4ccccc4n3c21. The van der Waals surface area contributed by atoms with E-state index in [0.29, 0.717) is 0 Å². The highest BCUT2D eigenvalue weighted by Crippen LogP contribution is 2.48. The Morgan fingerprint density at radius 2 is 0.981 bits per heavy atom. The molecule has 13 rings (SSSR count). The van der Waals surface area contributed by atoms with Crippen molar-refractivity contribution in [3.8, 4) is 17.2 Å². The topological polar surface area (TPSA) is 35.1 Å². The predicted octanol–water partition coefficient (Wildman–Crippen LogP) is 13.0. The fraction of sp³-hybridized carbons (Fsp3) is 0. The van der Waals surface area contributed by atoms with Crippen molar-refractivity contribution in [1.82, 2.24) is 18.9 Å². The number of hydrogen-bond donors (Lipinski definition) is 0. The van der Waals surface area contributed by atoms with Gasteiger partial charge >= 0.3 is 0 Å². The van der Waals surface area contributed by atoms with E-state index in [9.17, 15) is 0 Å². The molecule has 0 spiro atoms. The summed E-state index contributed by atoms with van der Waals surface area (Å²) >= 11 is 0. The van der Waals surface area contributed by atoms with Crippen LogP contribution in [0, 0.1) is 0 Å². The number of rotatable bonds is 2. The van der Waals surface area contributed by atoms with Crippen LogP contribution < -0.4 is 0 Å². The first-order chi connectivity index (χ1) is 26.8. The average Bonchev–Trinajstić information content (AvgIpc) is 3.86. The molecule has 9 aromatic carbocycles. The molecule has 0 bridgehead atoms. The zero-order chi connectivity index (χ0) is 35.1. The molecule has 0 aliphatic heterocycles. The molecule has 0 N–H and O–H groups in total. The van der Waals surface area contributed by atoms with E-state index >= 15 is 0 Å². The number of fused-ring (bicyclic) bond motifs is 15. The minimum absolute atomic E-state index is 0.718. The first-order valence-corrected chi connectivity index (χ1v) is 18.5. The Kier molecular flexibility index (Phi) is 5.34. The third kappa shape index (κ3) is 3.57. The average molecular weight is 685 g/mol. The predicted molar refractivity (Wildman–Crippen MR) is 226 cm³/mol. The summed E-state index contributed by atoms with van der Waals surface area (Å²) in [6.07, 6.45) is 0. The van der Waals surface area contributed by atoms with Crippen molar-refractivity contribution in [3.05, 3.63) is 170 Å². The van der Waals surface area contributed by atoms with E-state index in [1.807, 2.05) is 0 Å². The van der Waals surface area contributed by atoms with Crippen molar-refractivity contribution in [3.63, 3.8) is 0 Å². The summed E-state index contributed by atoms with van der Waals surface area (Å²) in [5.41, 5.74) is 7.94. The van der Waals surface area contributed by atoms with E-state index in [2.05, 4.69) is 179 Å². The van der Waals surface area contributed by atoms with E-state index in [-0.39, 0.29) is 0 Å². The second-order valence-electron chi connectivity index (χ2n) is 14.5. The van der Waals surface area contributed by atoms with Crippen molar-refractivity contribution in [2.45, 2.75) is 0 Å². The number of para-hydroxylation sites is 3. The maximum absolute atomic E-state index is 5.60. The molecule has 4 nitrogen and oxygen atoms in total. The Labute approximate surface area is 308 Å². The van der Waals surface area contributed by atoms with Gasteiger partial charge in [-0.05, 0) is 80.8 Å². The molecule has 0 fully saturated rings. The molecule has 54 heavy (non-hydrogen) atoms. The fourth-order valence-corrected chi connectivity index (χ4v) is 9.52. The van der Waals surface area contributed by atoms with Gasteiger partial charge in [0.25, 0.3) is 0 Å². The molecule has 0 amide bonds. The largest absolute Gasteiger partial charge is 0.308 e. The first kappa shape index (κ1) is 28.3. The lowest BCUT2D eigenvalue weighted by atomic mass is 9.97. The molecule has 0 saturated carbocycles. The van der Waals surface area contributed by atoms with Crippen LogP contribution in [0.5, 0.6) is 0 Å². The molecule has 13 aromatic rings. The molecule has 4 heterocycles. The van der Waals surface area contributed by atoms with Crippen LogP contribution in [0.15, 0.2) is 170 Å². The first-order valence-electron chi connectivity index (χ1n) is 18.5. The Morgan fingerprint density at radius 1 is 0.352 bits per heavy atom. The van der Waals surface area contributed by atoms with Crippen molar-refractivity contribution in [1.29, 1.82) is 0 Å². The molecular weight excluding hydrogens is 657 g/mol. The van der Waals surface area contributed by atoms with Gasteiger partial charge in [0, 0.05) is 43.3 Å². The number of hydrogen-bond acceptors (Lipinski definition) is 2. The van der Waals surface area contributed by atoms with E-state index in [1.54, 1.807) is 0 Å². The van der Waals surface area contributed by atoms with Crippen LogP contribution in [-0.2, 0) is 0 Å². The molecule has 0 atom stereocenters. The fourth-order valence-electron chi connectivity index (χ4n) is 9.52. The Hall–Kier alpha value is -7.30. The lowest BCUT2D eigenvalue weighted by Crippen LogP contribution is -2.03. The molecule has 248 valence electrons. The lowest BCUT2D eigenvalue weighted by Gasteiger charge is -2.14. The summed E-state index contributed by atoms with van der Waals surface area (Å²) in [5, 5.41) is 15.8. The normalized spacial score (nSPS) is 12.4. The van der Waals surface area contributed by atoms with Gasteiger partial charge in [-0.2, -0.15) is 0 Å². The highest BCUT2D eigenvalue weighted by atomic mass is 15.1. The van der Waals surface area contributed by atoms with E-state index in [4.69, 9.17) is 9.97 Å². The molecule has 0 radical (unpaired) electrons. The van der Waals surface area contributed by atoms with Gasteiger partial charge in [0.05, 0.1) is 33.1 Å². The molecular formula is C50H28N4. The van der Waals surface area contributed by atoms with Gasteiger partial charge in [-0.15, -0.1) is 0 Å². The van der Waals surface area contributed by atoms with Gasteiger partial charge in [0.15, 0.2) is 5.82 Å². The van der Waals surface area contributed by atoms with Crippen molar-refractivity contribution in [2.75, 3.05) is 0 Å². The van der Waals surface area contributed by atoms with E-state index in [1.165, 1.54) is 75.8 Å². The Balaban J connectivity index is 1.23. The second kappa shape index (κ2) is 10.2. The number of benzene rings is 9. The molecule has 0 aliphatic carbocycles. The molecule has 0 unspecified atom stereocenters. The van der Waals surface area contributed by atoms with Crippen LogP contribution in [-0.4, -0.2) is 18.9 Å². The van der Waals surface area contributed by atoms with Crippen molar-refractivity contribution < 1.29 is 0 Å². The maximum Gasteiger partial charge on any atom is 0.162 e. The summed E-state index contributed by atoms with van der Waals surface area (Å²) in [4.78, 5) is 10.9. The zero-order valence-corrected chi connectivity index (χ0v) is 29.0. The zero-order valence-electron chi connectivity index (χ0n) is 29.0.